The Hall–Kier alpha value is -3.72. The number of aryl methyl sites for hydroxylation is 1. The molecule has 28 heavy (non-hydrogen) atoms. The molecular weight excluding hydrogens is 354 g/mol. The maximum atomic E-state index is 9.82. The number of ether oxygens (including phenoxy) is 3. The van der Waals surface area contributed by atoms with Gasteiger partial charge in [0.25, 0.3) is 0 Å². The second-order valence-corrected chi connectivity index (χ2v) is 6.10. The molecule has 2 aromatic carbocycles. The molecule has 2 N–H and O–H groups in total. The molecule has 6 heteroatoms. The lowest BCUT2D eigenvalue weighted by Crippen LogP contribution is -2.04. The van der Waals surface area contributed by atoms with Crippen LogP contribution >= 0.6 is 0 Å². The van der Waals surface area contributed by atoms with Gasteiger partial charge in [-0.2, -0.15) is 5.26 Å². The van der Waals surface area contributed by atoms with E-state index in [0.29, 0.717) is 28.4 Å². The molecule has 1 heterocycles. The summed E-state index contributed by atoms with van der Waals surface area (Å²) in [5.74, 6) is 1.65. The molecule has 3 aromatic rings. The Morgan fingerprint density at radius 2 is 1.50 bits per heavy atom. The summed E-state index contributed by atoms with van der Waals surface area (Å²) in [6.07, 6.45) is 0. The van der Waals surface area contributed by atoms with Crippen LogP contribution in [0.5, 0.6) is 17.2 Å². The van der Waals surface area contributed by atoms with Crippen LogP contribution in [0.3, 0.4) is 0 Å². The van der Waals surface area contributed by atoms with Crippen molar-refractivity contribution in [2.24, 2.45) is 0 Å². The van der Waals surface area contributed by atoms with Gasteiger partial charge in [-0.15, -0.1) is 0 Å². The minimum absolute atomic E-state index is 0.184. The van der Waals surface area contributed by atoms with Crippen LogP contribution in [-0.2, 0) is 0 Å². The van der Waals surface area contributed by atoms with Crippen molar-refractivity contribution in [2.75, 3.05) is 27.1 Å². The van der Waals surface area contributed by atoms with Crippen LogP contribution in [0.25, 0.3) is 22.3 Å². The van der Waals surface area contributed by atoms with Gasteiger partial charge in [-0.1, -0.05) is 30.3 Å². The van der Waals surface area contributed by atoms with Crippen LogP contribution in [0, 0.1) is 18.3 Å². The Kier molecular flexibility index (Phi) is 5.37. The Morgan fingerprint density at radius 3 is 2.00 bits per heavy atom. The molecule has 0 atom stereocenters. The second kappa shape index (κ2) is 7.89. The van der Waals surface area contributed by atoms with E-state index in [2.05, 4.69) is 11.1 Å². The van der Waals surface area contributed by atoms with Crippen molar-refractivity contribution in [3.05, 3.63) is 53.7 Å². The van der Waals surface area contributed by atoms with Gasteiger partial charge < -0.3 is 19.9 Å². The quantitative estimate of drug-likeness (QED) is 0.719. The van der Waals surface area contributed by atoms with Crippen LogP contribution in [0.4, 0.5) is 5.82 Å². The number of anilines is 1. The minimum atomic E-state index is 0.184. The fourth-order valence-corrected chi connectivity index (χ4v) is 3.31. The Morgan fingerprint density at radius 1 is 0.893 bits per heavy atom. The van der Waals surface area contributed by atoms with Crippen LogP contribution in [-0.4, -0.2) is 26.3 Å². The number of rotatable bonds is 5. The molecule has 0 fully saturated rings. The lowest BCUT2D eigenvalue weighted by Gasteiger charge is -2.19. The highest BCUT2D eigenvalue weighted by Crippen LogP contribution is 2.45. The van der Waals surface area contributed by atoms with Crippen molar-refractivity contribution in [1.82, 2.24) is 4.98 Å². The van der Waals surface area contributed by atoms with E-state index in [4.69, 9.17) is 19.9 Å². The van der Waals surface area contributed by atoms with Gasteiger partial charge in [-0.05, 0) is 30.2 Å². The van der Waals surface area contributed by atoms with Gasteiger partial charge in [-0.25, -0.2) is 4.98 Å². The van der Waals surface area contributed by atoms with Crippen LogP contribution in [0.15, 0.2) is 42.5 Å². The summed E-state index contributed by atoms with van der Waals surface area (Å²) in [6.45, 7) is 1.88. The third kappa shape index (κ3) is 3.19. The zero-order chi connectivity index (χ0) is 20.3. The first-order valence-electron chi connectivity index (χ1n) is 8.61. The predicted octanol–water partition coefficient (Wildman–Crippen LogP) is 4.20. The molecule has 142 valence electrons. The molecule has 0 radical (unpaired) electrons. The second-order valence-electron chi connectivity index (χ2n) is 6.10. The summed E-state index contributed by atoms with van der Waals surface area (Å²) in [7, 11) is 4.65. The molecule has 0 amide bonds. The highest BCUT2D eigenvalue weighted by molar-refractivity contribution is 5.92. The van der Waals surface area contributed by atoms with E-state index in [1.807, 2.05) is 49.4 Å². The molecule has 0 saturated carbocycles. The van der Waals surface area contributed by atoms with E-state index in [-0.39, 0.29) is 5.82 Å². The highest BCUT2D eigenvalue weighted by atomic mass is 16.5. The first-order valence-corrected chi connectivity index (χ1v) is 8.61. The molecule has 0 aliphatic heterocycles. The molecule has 0 aliphatic rings. The molecule has 3 rings (SSSR count). The third-order valence-electron chi connectivity index (χ3n) is 4.53. The van der Waals surface area contributed by atoms with E-state index in [9.17, 15) is 5.26 Å². The van der Waals surface area contributed by atoms with Gasteiger partial charge in [0.15, 0.2) is 11.5 Å². The number of nitriles is 1. The molecule has 0 bridgehead atoms. The number of aromatic nitrogens is 1. The zero-order valence-electron chi connectivity index (χ0n) is 16.2. The SMILES string of the molecule is COc1cc(-c2c(C#N)c(N)nc(C)c2-c2ccccc2)cc(OC)c1OC. The van der Waals surface area contributed by atoms with E-state index < -0.39 is 0 Å². The molecule has 6 nitrogen and oxygen atoms in total. The van der Waals surface area contributed by atoms with E-state index in [1.165, 1.54) is 0 Å². The first kappa shape index (κ1) is 19.1. The van der Waals surface area contributed by atoms with Crippen molar-refractivity contribution in [3.8, 4) is 45.6 Å². The number of nitrogen functional groups attached to an aromatic ring is 1. The number of methoxy groups -OCH3 is 3. The van der Waals surface area contributed by atoms with Crippen molar-refractivity contribution >= 4 is 5.82 Å². The van der Waals surface area contributed by atoms with Gasteiger partial charge in [0.1, 0.15) is 17.5 Å². The van der Waals surface area contributed by atoms with E-state index in [1.54, 1.807) is 21.3 Å². The monoisotopic (exact) mass is 375 g/mol. The summed E-state index contributed by atoms with van der Waals surface area (Å²) in [6, 6.07) is 15.6. The Labute approximate surface area is 164 Å². The highest BCUT2D eigenvalue weighted by Gasteiger charge is 2.22. The number of benzene rings is 2. The van der Waals surface area contributed by atoms with Crippen LogP contribution in [0.1, 0.15) is 11.3 Å². The zero-order valence-corrected chi connectivity index (χ0v) is 16.2. The van der Waals surface area contributed by atoms with Gasteiger partial charge in [-0.3, -0.25) is 0 Å². The first-order chi connectivity index (χ1) is 13.5. The summed E-state index contributed by atoms with van der Waals surface area (Å²) in [5, 5.41) is 9.82. The lowest BCUT2D eigenvalue weighted by atomic mass is 9.90. The van der Waals surface area contributed by atoms with Crippen molar-refractivity contribution in [2.45, 2.75) is 6.92 Å². The van der Waals surface area contributed by atoms with Gasteiger partial charge in [0.2, 0.25) is 5.75 Å². The smallest absolute Gasteiger partial charge is 0.203 e. The van der Waals surface area contributed by atoms with E-state index >= 15 is 0 Å². The minimum Gasteiger partial charge on any atom is -0.493 e. The summed E-state index contributed by atoms with van der Waals surface area (Å²) in [4.78, 5) is 4.39. The Bertz CT molecular complexity index is 1030. The Balaban J connectivity index is 2.44. The molecular formula is C22H21N3O3. The maximum absolute atomic E-state index is 9.82. The topological polar surface area (TPSA) is 90.4 Å². The predicted molar refractivity (Wildman–Crippen MR) is 109 cm³/mol. The summed E-state index contributed by atoms with van der Waals surface area (Å²) >= 11 is 0. The summed E-state index contributed by atoms with van der Waals surface area (Å²) in [5.41, 5.74) is 10.3. The maximum Gasteiger partial charge on any atom is 0.203 e. The number of nitrogens with zero attached hydrogens (tertiary/aromatic N) is 2. The molecule has 1 aromatic heterocycles. The van der Waals surface area contributed by atoms with Crippen molar-refractivity contribution in [3.63, 3.8) is 0 Å². The number of pyridine rings is 1. The van der Waals surface area contributed by atoms with Crippen molar-refractivity contribution in [1.29, 1.82) is 5.26 Å². The molecule has 0 saturated heterocycles. The fraction of sp³-hybridized carbons (Fsp3) is 0.182. The van der Waals surface area contributed by atoms with Gasteiger partial charge >= 0.3 is 0 Å². The van der Waals surface area contributed by atoms with Gasteiger partial charge in [0.05, 0.1) is 21.3 Å². The average Bonchev–Trinajstić information content (AvgIpc) is 2.72. The average molecular weight is 375 g/mol. The van der Waals surface area contributed by atoms with Crippen LogP contribution in [0.2, 0.25) is 0 Å². The number of nitrogens with two attached hydrogens (primary N) is 1. The lowest BCUT2D eigenvalue weighted by molar-refractivity contribution is 0.324. The van der Waals surface area contributed by atoms with Crippen molar-refractivity contribution < 1.29 is 14.2 Å². The standard InChI is InChI=1S/C22H21N3O3/c1-13-19(14-8-6-5-7-9-14)20(16(12-23)22(24)25-13)15-10-17(26-2)21(28-4)18(11-15)27-3/h5-11H,1-4H3,(H2,24,25). The van der Waals surface area contributed by atoms with Gasteiger partial charge in [0, 0.05) is 16.8 Å². The number of hydrogen-bond donors (Lipinski definition) is 1. The number of hydrogen-bond acceptors (Lipinski definition) is 6. The normalized spacial score (nSPS) is 10.2. The third-order valence-corrected chi connectivity index (χ3v) is 4.53. The molecule has 0 unspecified atom stereocenters. The van der Waals surface area contributed by atoms with E-state index in [0.717, 1.165) is 22.4 Å². The fourth-order valence-electron chi connectivity index (χ4n) is 3.31. The largest absolute Gasteiger partial charge is 0.493 e. The van der Waals surface area contributed by atoms with Crippen LogP contribution < -0.4 is 19.9 Å². The summed E-state index contributed by atoms with van der Waals surface area (Å²) < 4.78 is 16.4. The molecule has 0 aliphatic carbocycles. The molecule has 0 spiro atoms.